The monoisotopic (exact) mass is 454 g/mol. The van der Waals surface area contributed by atoms with Crippen molar-refractivity contribution >= 4 is 38.4 Å². The normalized spacial score (nSPS) is 15.3. The number of hydrogen-bond donors (Lipinski definition) is 1. The van der Waals surface area contributed by atoms with Gasteiger partial charge in [-0.1, -0.05) is 12.1 Å². The Morgan fingerprint density at radius 2 is 1.66 bits per heavy atom. The van der Waals surface area contributed by atoms with Crippen molar-refractivity contribution in [2.75, 3.05) is 18.9 Å². The van der Waals surface area contributed by atoms with Crippen LogP contribution in [0.25, 0.3) is 11.0 Å². The minimum Gasteiger partial charge on any atom is -0.501 e. The Morgan fingerprint density at radius 1 is 0.969 bits per heavy atom. The minimum atomic E-state index is -4.06. The molecule has 32 heavy (non-hydrogen) atoms. The summed E-state index contributed by atoms with van der Waals surface area (Å²) >= 11 is 0. The van der Waals surface area contributed by atoms with E-state index in [0.29, 0.717) is 34.7 Å². The van der Waals surface area contributed by atoms with Gasteiger partial charge in [0.1, 0.15) is 17.3 Å². The van der Waals surface area contributed by atoms with E-state index < -0.39 is 15.8 Å². The smallest absolute Gasteiger partial charge is 0.263 e. The molecule has 1 N–H and O–H groups in total. The van der Waals surface area contributed by atoms with Crippen molar-refractivity contribution < 1.29 is 22.3 Å². The predicted molar refractivity (Wildman–Crippen MR) is 119 cm³/mol. The second kappa shape index (κ2) is 8.75. The van der Waals surface area contributed by atoms with Crippen LogP contribution in [0.4, 0.5) is 16.0 Å². The maximum absolute atomic E-state index is 13.2. The highest BCUT2D eigenvalue weighted by molar-refractivity contribution is 7.92. The summed E-state index contributed by atoms with van der Waals surface area (Å²) < 4.78 is 52.0. The van der Waals surface area contributed by atoms with Crippen LogP contribution in [0.5, 0.6) is 0 Å². The number of nitrogens with zero attached hydrogens (tertiary/aromatic N) is 3. The molecule has 0 amide bonds. The van der Waals surface area contributed by atoms with Gasteiger partial charge in [0.15, 0.2) is 11.6 Å². The van der Waals surface area contributed by atoms with Gasteiger partial charge in [-0.25, -0.2) is 27.8 Å². The number of allylic oxidation sites excluding steroid dienone is 3. The topological polar surface area (TPSA) is 103 Å². The zero-order valence-corrected chi connectivity index (χ0v) is 18.1. The number of fused-ring (bicyclic) bond motifs is 1. The fraction of sp³-hybridized carbons (Fsp3) is 0.136. The second-order valence-corrected chi connectivity index (χ2v) is 8.47. The quantitative estimate of drug-likeness (QED) is 0.601. The van der Waals surface area contributed by atoms with Gasteiger partial charge in [0.05, 0.1) is 35.9 Å². The SMILES string of the molecule is COC1=CC(=Nc2nc3ccccc3nc2NS(=O)(=O)c2ccc(F)cc2)CC(OC)=C1. The number of anilines is 1. The van der Waals surface area contributed by atoms with E-state index in [4.69, 9.17) is 9.47 Å². The van der Waals surface area contributed by atoms with Crippen LogP contribution in [-0.4, -0.2) is 38.3 Å². The van der Waals surface area contributed by atoms with E-state index in [2.05, 4.69) is 19.7 Å². The molecule has 0 fully saturated rings. The van der Waals surface area contributed by atoms with Crippen molar-refractivity contribution in [2.45, 2.75) is 11.3 Å². The summed E-state index contributed by atoms with van der Waals surface area (Å²) in [6.07, 6.45) is 3.81. The average Bonchev–Trinajstić information content (AvgIpc) is 2.79. The minimum absolute atomic E-state index is 0.0542. The van der Waals surface area contributed by atoms with Crippen LogP contribution in [-0.2, 0) is 19.5 Å². The van der Waals surface area contributed by atoms with Crippen molar-refractivity contribution in [1.82, 2.24) is 9.97 Å². The number of hydrogen-bond acceptors (Lipinski definition) is 7. The number of benzene rings is 2. The third-order valence-corrected chi connectivity index (χ3v) is 5.98. The molecule has 1 aliphatic carbocycles. The molecule has 0 saturated heterocycles. The molecule has 3 aromatic rings. The van der Waals surface area contributed by atoms with Gasteiger partial charge in [0.25, 0.3) is 10.0 Å². The summed E-state index contributed by atoms with van der Waals surface area (Å²) in [4.78, 5) is 13.3. The lowest BCUT2D eigenvalue weighted by Crippen LogP contribution is -2.15. The number of rotatable bonds is 6. The third-order valence-electron chi connectivity index (χ3n) is 4.62. The van der Waals surface area contributed by atoms with Crippen molar-refractivity contribution in [1.29, 1.82) is 0 Å². The van der Waals surface area contributed by atoms with Crippen molar-refractivity contribution in [3.8, 4) is 0 Å². The van der Waals surface area contributed by atoms with E-state index in [-0.39, 0.29) is 16.5 Å². The number of methoxy groups -OCH3 is 2. The van der Waals surface area contributed by atoms with Gasteiger partial charge in [-0.15, -0.1) is 0 Å². The molecule has 8 nitrogen and oxygen atoms in total. The molecule has 0 bridgehead atoms. The fourth-order valence-electron chi connectivity index (χ4n) is 3.04. The van der Waals surface area contributed by atoms with Crippen LogP contribution in [0.3, 0.4) is 0 Å². The van der Waals surface area contributed by atoms with E-state index in [1.807, 2.05) is 0 Å². The fourth-order valence-corrected chi connectivity index (χ4v) is 4.04. The number of para-hydroxylation sites is 2. The first-order valence-electron chi connectivity index (χ1n) is 9.51. The molecular formula is C22H19FN4O4S. The number of ether oxygens (including phenoxy) is 2. The van der Waals surface area contributed by atoms with Crippen molar-refractivity contribution in [2.24, 2.45) is 4.99 Å². The van der Waals surface area contributed by atoms with E-state index in [0.717, 1.165) is 12.1 Å². The van der Waals surface area contributed by atoms with Crippen molar-refractivity contribution in [3.05, 3.63) is 78.0 Å². The first-order valence-corrected chi connectivity index (χ1v) is 11.0. The Hall–Kier alpha value is -3.79. The van der Waals surface area contributed by atoms with Gasteiger partial charge in [0, 0.05) is 18.6 Å². The maximum atomic E-state index is 13.2. The molecule has 1 aromatic heterocycles. The second-order valence-electron chi connectivity index (χ2n) is 6.79. The van der Waals surface area contributed by atoms with Gasteiger partial charge in [-0.05, 0) is 36.4 Å². The van der Waals surface area contributed by atoms with Gasteiger partial charge < -0.3 is 9.47 Å². The van der Waals surface area contributed by atoms with Gasteiger partial charge in [0.2, 0.25) is 0 Å². The lowest BCUT2D eigenvalue weighted by atomic mass is 10.1. The number of halogens is 1. The molecule has 0 atom stereocenters. The standard InChI is InChI=1S/C22H19FN4O4S/c1-30-16-11-15(12-17(13-16)31-2)24-21-22(26-20-6-4-3-5-19(20)25-21)27-32(28,29)18-9-7-14(23)8-10-18/h3-11,13H,12H2,1-2H3,(H,26,27). The molecule has 164 valence electrons. The van der Waals surface area contributed by atoms with Crippen molar-refractivity contribution in [3.63, 3.8) is 0 Å². The molecule has 0 aliphatic heterocycles. The molecule has 0 spiro atoms. The zero-order chi connectivity index (χ0) is 22.7. The third kappa shape index (κ3) is 4.59. The highest BCUT2D eigenvalue weighted by Crippen LogP contribution is 2.28. The van der Waals surface area contributed by atoms with Gasteiger partial charge in [-0.3, -0.25) is 4.72 Å². The Labute approximate surface area is 184 Å². The van der Waals surface area contributed by atoms with E-state index in [1.165, 1.54) is 19.2 Å². The number of nitrogens with one attached hydrogen (secondary N) is 1. The first-order chi connectivity index (χ1) is 15.4. The molecule has 2 aromatic carbocycles. The Bertz CT molecular complexity index is 1370. The molecule has 10 heteroatoms. The van der Waals surface area contributed by atoms with Gasteiger partial charge in [-0.2, -0.15) is 0 Å². The molecule has 0 unspecified atom stereocenters. The highest BCUT2D eigenvalue weighted by Gasteiger charge is 2.20. The van der Waals surface area contributed by atoms with Crippen LogP contribution in [0, 0.1) is 5.82 Å². The Morgan fingerprint density at radius 3 is 2.31 bits per heavy atom. The lowest BCUT2D eigenvalue weighted by Gasteiger charge is -2.15. The largest absolute Gasteiger partial charge is 0.501 e. The summed E-state index contributed by atoms with van der Waals surface area (Å²) in [5, 5.41) is 0. The number of aromatic nitrogens is 2. The average molecular weight is 454 g/mol. The molecular weight excluding hydrogens is 435 g/mol. The summed E-state index contributed by atoms with van der Waals surface area (Å²) in [5.74, 6) is 0.649. The Balaban J connectivity index is 1.80. The number of sulfonamides is 1. The summed E-state index contributed by atoms with van der Waals surface area (Å²) in [6.45, 7) is 0. The van der Waals surface area contributed by atoms with E-state index in [9.17, 15) is 12.8 Å². The molecule has 1 aliphatic rings. The molecule has 1 heterocycles. The summed E-state index contributed by atoms with van der Waals surface area (Å²) in [7, 11) is -0.991. The lowest BCUT2D eigenvalue weighted by molar-refractivity contribution is 0.270. The van der Waals surface area contributed by atoms with Crippen LogP contribution in [0.2, 0.25) is 0 Å². The highest BCUT2D eigenvalue weighted by atomic mass is 32.2. The maximum Gasteiger partial charge on any atom is 0.263 e. The van der Waals surface area contributed by atoms with Crippen LogP contribution >= 0.6 is 0 Å². The molecule has 0 saturated carbocycles. The zero-order valence-electron chi connectivity index (χ0n) is 17.2. The summed E-state index contributed by atoms with van der Waals surface area (Å²) in [5.41, 5.74) is 1.58. The number of aliphatic imine (C=N–C) groups is 1. The van der Waals surface area contributed by atoms with Gasteiger partial charge >= 0.3 is 0 Å². The predicted octanol–water partition coefficient (Wildman–Crippen LogP) is 4.11. The molecule has 4 rings (SSSR count). The first kappa shape index (κ1) is 21.4. The Kier molecular flexibility index (Phi) is 5.87. The van der Waals surface area contributed by atoms with Crippen LogP contribution < -0.4 is 4.72 Å². The van der Waals surface area contributed by atoms with Crippen LogP contribution in [0.1, 0.15) is 6.42 Å². The molecule has 0 radical (unpaired) electrons. The van der Waals surface area contributed by atoms with Crippen LogP contribution in [0.15, 0.2) is 82.1 Å². The summed E-state index contributed by atoms with van der Waals surface area (Å²) in [6, 6.07) is 11.5. The van der Waals surface area contributed by atoms with E-state index >= 15 is 0 Å². The van der Waals surface area contributed by atoms with E-state index in [1.54, 1.807) is 43.5 Å².